The lowest BCUT2D eigenvalue weighted by atomic mass is 9.81. The lowest BCUT2D eigenvalue weighted by Crippen LogP contribution is -2.30. The molecule has 0 bridgehead atoms. The molecular weight excluding hydrogens is 302 g/mol. The Balaban J connectivity index is 2.01. The maximum Gasteiger partial charge on any atom is 0.212 e. The summed E-state index contributed by atoms with van der Waals surface area (Å²) in [6.45, 7) is 9.17. The zero-order valence-corrected chi connectivity index (χ0v) is 15.9. The van der Waals surface area contributed by atoms with E-state index in [4.69, 9.17) is 0 Å². The molecule has 1 heteroatoms. The smallest absolute Gasteiger partial charge is 0.201 e. The molecule has 0 unspecified atom stereocenters. The van der Waals surface area contributed by atoms with Crippen LogP contribution in [0.15, 0.2) is 54.7 Å². The second kappa shape index (κ2) is 5.56. The monoisotopic (exact) mass is 328 g/mol. The van der Waals surface area contributed by atoms with Gasteiger partial charge in [0.15, 0.2) is 6.20 Å². The number of hydrogen-bond donors (Lipinski definition) is 0. The summed E-state index contributed by atoms with van der Waals surface area (Å²) in [5.74, 6) is 0. The summed E-state index contributed by atoms with van der Waals surface area (Å²) < 4.78 is 2.21. The summed E-state index contributed by atoms with van der Waals surface area (Å²) in [7, 11) is 2.12. The van der Waals surface area contributed by atoms with Crippen molar-refractivity contribution in [2.24, 2.45) is 7.05 Å². The maximum atomic E-state index is 2.41. The van der Waals surface area contributed by atoms with Crippen molar-refractivity contribution in [1.29, 1.82) is 0 Å². The lowest BCUT2D eigenvalue weighted by molar-refractivity contribution is -0.660. The van der Waals surface area contributed by atoms with Gasteiger partial charge in [-0.25, -0.2) is 4.57 Å². The Bertz CT molecular complexity index is 979. The van der Waals surface area contributed by atoms with Crippen molar-refractivity contribution in [1.82, 2.24) is 0 Å². The fraction of sp³-hybridized carbons (Fsp3) is 0.292. The average Bonchev–Trinajstić information content (AvgIpc) is 2.82. The van der Waals surface area contributed by atoms with E-state index in [1.807, 2.05) is 0 Å². The Kier molecular flexibility index (Phi) is 3.57. The fourth-order valence-corrected chi connectivity index (χ4v) is 4.25. The number of fused-ring (bicyclic) bond motifs is 3. The van der Waals surface area contributed by atoms with Crippen molar-refractivity contribution >= 4 is 0 Å². The van der Waals surface area contributed by atoms with Gasteiger partial charge in [-0.15, -0.1) is 0 Å². The van der Waals surface area contributed by atoms with Crippen LogP contribution in [0.25, 0.3) is 22.4 Å². The first-order valence-corrected chi connectivity index (χ1v) is 9.17. The number of nitrogens with zero attached hydrogens (tertiary/aromatic N) is 1. The van der Waals surface area contributed by atoms with Gasteiger partial charge in [0, 0.05) is 23.1 Å². The Labute approximate surface area is 151 Å². The van der Waals surface area contributed by atoms with Gasteiger partial charge < -0.3 is 0 Å². The molecule has 0 saturated heterocycles. The first kappa shape index (κ1) is 16.1. The van der Waals surface area contributed by atoms with E-state index in [1.165, 1.54) is 44.6 Å². The molecule has 0 aliphatic heterocycles. The number of aryl methyl sites for hydroxylation is 3. The van der Waals surface area contributed by atoms with Crippen LogP contribution in [0.1, 0.15) is 43.0 Å². The van der Waals surface area contributed by atoms with Gasteiger partial charge in [0.1, 0.15) is 7.05 Å². The van der Waals surface area contributed by atoms with Crippen LogP contribution >= 0.6 is 0 Å². The summed E-state index contributed by atoms with van der Waals surface area (Å²) in [6, 6.07) is 18.2. The minimum Gasteiger partial charge on any atom is -0.201 e. The van der Waals surface area contributed by atoms with Crippen molar-refractivity contribution in [3.63, 3.8) is 0 Å². The molecule has 1 aromatic heterocycles. The van der Waals surface area contributed by atoms with Crippen molar-refractivity contribution in [3.8, 4) is 22.4 Å². The molecule has 2 aromatic carbocycles. The van der Waals surface area contributed by atoms with E-state index in [0.717, 1.165) is 6.42 Å². The molecule has 4 rings (SSSR count). The van der Waals surface area contributed by atoms with Gasteiger partial charge in [-0.2, -0.15) is 0 Å². The third-order valence-electron chi connectivity index (χ3n) is 5.82. The van der Waals surface area contributed by atoms with Gasteiger partial charge in [-0.1, -0.05) is 45.0 Å². The van der Waals surface area contributed by atoms with E-state index < -0.39 is 0 Å². The van der Waals surface area contributed by atoms with Gasteiger partial charge in [0.25, 0.3) is 0 Å². The molecule has 126 valence electrons. The molecule has 0 saturated carbocycles. The van der Waals surface area contributed by atoms with Gasteiger partial charge in [0.05, 0.1) is 0 Å². The van der Waals surface area contributed by atoms with E-state index in [2.05, 4.69) is 94.0 Å². The summed E-state index contributed by atoms with van der Waals surface area (Å²) in [5, 5.41) is 0. The van der Waals surface area contributed by atoms with Crippen LogP contribution in [0, 0.1) is 6.92 Å². The van der Waals surface area contributed by atoms with Gasteiger partial charge >= 0.3 is 0 Å². The van der Waals surface area contributed by atoms with Crippen LogP contribution in [0.2, 0.25) is 0 Å². The van der Waals surface area contributed by atoms with Crippen LogP contribution in [-0.4, -0.2) is 0 Å². The summed E-state index contributed by atoms with van der Waals surface area (Å²) in [4.78, 5) is 0. The third-order valence-corrected chi connectivity index (χ3v) is 5.82. The van der Waals surface area contributed by atoms with E-state index in [1.54, 1.807) is 0 Å². The number of aromatic nitrogens is 1. The van der Waals surface area contributed by atoms with Crippen LogP contribution in [0.3, 0.4) is 0 Å². The zero-order chi connectivity index (χ0) is 17.8. The van der Waals surface area contributed by atoms with Gasteiger partial charge in [-0.3, -0.25) is 0 Å². The quantitative estimate of drug-likeness (QED) is 0.558. The lowest BCUT2D eigenvalue weighted by Gasteiger charge is -2.22. The largest absolute Gasteiger partial charge is 0.212 e. The first-order chi connectivity index (χ1) is 11.9. The molecule has 0 atom stereocenters. The molecule has 1 aliphatic rings. The minimum absolute atomic E-state index is 0.0686. The van der Waals surface area contributed by atoms with Crippen molar-refractivity contribution in [2.75, 3.05) is 0 Å². The second-order valence-electron chi connectivity index (χ2n) is 7.77. The molecular formula is C24H26N+. The van der Waals surface area contributed by atoms with E-state index in [9.17, 15) is 0 Å². The Morgan fingerprint density at radius 3 is 2.36 bits per heavy atom. The normalized spacial score (nSPS) is 14.3. The maximum absolute atomic E-state index is 2.41. The van der Waals surface area contributed by atoms with Crippen LogP contribution in [0.4, 0.5) is 0 Å². The molecule has 25 heavy (non-hydrogen) atoms. The highest BCUT2D eigenvalue weighted by molar-refractivity contribution is 5.85. The predicted octanol–water partition coefficient (Wildman–Crippen LogP) is 5.36. The first-order valence-electron chi connectivity index (χ1n) is 9.17. The Morgan fingerprint density at radius 1 is 0.880 bits per heavy atom. The zero-order valence-electron chi connectivity index (χ0n) is 15.9. The van der Waals surface area contributed by atoms with E-state index in [-0.39, 0.29) is 5.41 Å². The molecule has 0 radical (unpaired) electrons. The van der Waals surface area contributed by atoms with E-state index >= 15 is 0 Å². The average molecular weight is 328 g/mol. The van der Waals surface area contributed by atoms with Crippen molar-refractivity contribution < 1.29 is 4.57 Å². The fourth-order valence-electron chi connectivity index (χ4n) is 4.25. The van der Waals surface area contributed by atoms with Crippen molar-refractivity contribution in [3.05, 3.63) is 77.0 Å². The standard InChI is InChI=1S/C24H26N/c1-6-17-10-11-21-19(14-17)20-15-18(23-9-7-8-12-25(23)5)16(2)13-22(20)24(21,3)4/h7-15H,6H2,1-5H3/q+1. The molecule has 0 fully saturated rings. The number of rotatable bonds is 2. The highest BCUT2D eigenvalue weighted by atomic mass is 14.9. The van der Waals surface area contributed by atoms with Gasteiger partial charge in [-0.05, 0) is 58.9 Å². The molecule has 0 amide bonds. The third kappa shape index (κ3) is 2.33. The van der Waals surface area contributed by atoms with Crippen LogP contribution < -0.4 is 4.57 Å². The summed E-state index contributed by atoms with van der Waals surface area (Å²) >= 11 is 0. The van der Waals surface area contributed by atoms with E-state index in [0.29, 0.717) is 0 Å². The molecule has 3 aromatic rings. The topological polar surface area (TPSA) is 3.88 Å². The predicted molar refractivity (Wildman–Crippen MR) is 105 cm³/mol. The highest BCUT2D eigenvalue weighted by Crippen LogP contribution is 2.50. The van der Waals surface area contributed by atoms with Crippen molar-refractivity contribution in [2.45, 2.75) is 39.5 Å². The summed E-state index contributed by atoms with van der Waals surface area (Å²) in [5.41, 5.74) is 11.1. The second-order valence-corrected chi connectivity index (χ2v) is 7.77. The molecule has 0 spiro atoms. The van der Waals surface area contributed by atoms with Gasteiger partial charge in [0.2, 0.25) is 5.69 Å². The molecule has 0 N–H and O–H groups in total. The SMILES string of the molecule is CCc1ccc2c(c1)-c1cc(-c3cccc[n+]3C)c(C)cc1C2(C)C. The molecule has 1 heterocycles. The Morgan fingerprint density at radius 2 is 1.64 bits per heavy atom. The van der Waals surface area contributed by atoms with Crippen LogP contribution in [-0.2, 0) is 18.9 Å². The van der Waals surface area contributed by atoms with Crippen LogP contribution in [0.5, 0.6) is 0 Å². The Hall–Kier alpha value is -2.41. The summed E-state index contributed by atoms with van der Waals surface area (Å²) in [6.07, 6.45) is 3.20. The number of benzene rings is 2. The number of pyridine rings is 1. The number of hydrogen-bond acceptors (Lipinski definition) is 0. The molecule has 1 nitrogen and oxygen atoms in total. The minimum atomic E-state index is 0.0686. The molecule has 1 aliphatic carbocycles. The highest BCUT2D eigenvalue weighted by Gasteiger charge is 2.36.